The molecule has 1 atom stereocenters. The molecule has 25 heavy (non-hydrogen) atoms. The van der Waals surface area contributed by atoms with Crippen LogP contribution < -0.4 is 5.32 Å². The number of pyridine rings is 1. The lowest BCUT2D eigenvalue weighted by Gasteiger charge is -2.19. The van der Waals surface area contributed by atoms with E-state index in [2.05, 4.69) is 25.7 Å². The number of nitrogens with one attached hydrogen (secondary N) is 2. The van der Waals surface area contributed by atoms with Gasteiger partial charge in [-0.2, -0.15) is 5.10 Å². The van der Waals surface area contributed by atoms with Crippen molar-refractivity contribution < 1.29 is 9.26 Å². The van der Waals surface area contributed by atoms with Crippen LogP contribution in [0.1, 0.15) is 24.5 Å². The van der Waals surface area contributed by atoms with Gasteiger partial charge in [0, 0.05) is 35.9 Å². The Labute approximate surface area is 143 Å². The molecule has 1 aliphatic rings. The molecule has 1 saturated heterocycles. The van der Waals surface area contributed by atoms with E-state index in [1.54, 1.807) is 6.20 Å². The topological polar surface area (TPSA) is 88.9 Å². The molecular weight excluding hydrogens is 318 g/mol. The molecule has 7 nitrogen and oxygen atoms in total. The second kappa shape index (κ2) is 5.86. The van der Waals surface area contributed by atoms with E-state index in [-0.39, 0.29) is 0 Å². The molecule has 7 heteroatoms. The van der Waals surface area contributed by atoms with Gasteiger partial charge in [-0.05, 0) is 37.1 Å². The van der Waals surface area contributed by atoms with Crippen molar-refractivity contribution in [1.82, 2.24) is 20.3 Å². The number of hydrogen-bond donors (Lipinski definition) is 2. The van der Waals surface area contributed by atoms with E-state index in [0.29, 0.717) is 18.3 Å². The highest BCUT2D eigenvalue weighted by atomic mass is 16.5. The van der Waals surface area contributed by atoms with E-state index < -0.39 is 0 Å². The van der Waals surface area contributed by atoms with E-state index >= 15 is 0 Å². The van der Waals surface area contributed by atoms with Crippen LogP contribution in [0.4, 0.5) is 11.5 Å². The van der Waals surface area contributed by atoms with Crippen molar-refractivity contribution >= 4 is 33.5 Å². The van der Waals surface area contributed by atoms with E-state index in [4.69, 9.17) is 9.26 Å². The molecule has 1 fully saturated rings. The van der Waals surface area contributed by atoms with Crippen molar-refractivity contribution in [3.8, 4) is 0 Å². The van der Waals surface area contributed by atoms with Crippen molar-refractivity contribution in [3.63, 3.8) is 0 Å². The zero-order valence-electron chi connectivity index (χ0n) is 13.5. The van der Waals surface area contributed by atoms with Crippen LogP contribution in [0.2, 0.25) is 0 Å². The Morgan fingerprint density at radius 3 is 3.16 bits per heavy atom. The molecule has 0 radical (unpaired) electrons. The molecule has 0 bridgehead atoms. The smallest absolute Gasteiger partial charge is 0.178 e. The van der Waals surface area contributed by atoms with E-state index in [0.717, 1.165) is 52.8 Å². The summed E-state index contributed by atoms with van der Waals surface area (Å²) < 4.78 is 11.1. The first kappa shape index (κ1) is 14.4. The Kier molecular flexibility index (Phi) is 3.38. The van der Waals surface area contributed by atoms with Crippen molar-refractivity contribution in [2.24, 2.45) is 0 Å². The number of fused-ring (bicyclic) bond motifs is 2. The molecule has 1 aliphatic heterocycles. The standard InChI is InChI=1S/C18H17N5O2/c1-4-14-17(19-7-1)18(22-21-14)20-12-5-6-13-15(9-12)25-23-16(13)11-3-2-8-24-10-11/h1,4-7,9,11H,2-3,8,10H2,(H2,20,21,22). The number of aromatic nitrogens is 4. The third kappa shape index (κ3) is 2.53. The summed E-state index contributed by atoms with van der Waals surface area (Å²) in [6.07, 6.45) is 3.91. The fourth-order valence-corrected chi connectivity index (χ4v) is 3.36. The lowest BCUT2D eigenvalue weighted by molar-refractivity contribution is 0.0787. The van der Waals surface area contributed by atoms with Gasteiger partial charge in [-0.15, -0.1) is 0 Å². The van der Waals surface area contributed by atoms with Crippen molar-refractivity contribution in [1.29, 1.82) is 0 Å². The lowest BCUT2D eigenvalue weighted by Crippen LogP contribution is -2.15. The summed E-state index contributed by atoms with van der Waals surface area (Å²) in [5.74, 6) is 1.00. The summed E-state index contributed by atoms with van der Waals surface area (Å²) in [5, 5.41) is 15.9. The minimum Gasteiger partial charge on any atom is -0.381 e. The molecule has 5 rings (SSSR count). The average molecular weight is 335 g/mol. The number of benzene rings is 1. The van der Waals surface area contributed by atoms with Gasteiger partial charge in [0.25, 0.3) is 0 Å². The molecule has 0 saturated carbocycles. The van der Waals surface area contributed by atoms with Gasteiger partial charge in [-0.25, -0.2) is 0 Å². The summed E-state index contributed by atoms with van der Waals surface area (Å²) >= 11 is 0. The zero-order valence-corrected chi connectivity index (χ0v) is 13.5. The molecular formula is C18H17N5O2. The second-order valence-electron chi connectivity index (χ2n) is 6.29. The molecule has 4 aromatic rings. The molecule has 2 N–H and O–H groups in total. The van der Waals surface area contributed by atoms with E-state index in [1.807, 2.05) is 30.3 Å². The quantitative estimate of drug-likeness (QED) is 0.593. The first-order chi connectivity index (χ1) is 12.4. The highest BCUT2D eigenvalue weighted by Crippen LogP contribution is 2.32. The summed E-state index contributed by atoms with van der Waals surface area (Å²) in [5.41, 5.74) is 4.34. The summed E-state index contributed by atoms with van der Waals surface area (Å²) in [6, 6.07) is 9.82. The molecule has 1 unspecified atom stereocenters. The number of nitrogens with zero attached hydrogens (tertiary/aromatic N) is 3. The highest BCUT2D eigenvalue weighted by Gasteiger charge is 2.22. The fraction of sp³-hybridized carbons (Fsp3) is 0.278. The maximum absolute atomic E-state index is 5.58. The molecule has 0 aliphatic carbocycles. The van der Waals surface area contributed by atoms with Crippen LogP contribution in [0.3, 0.4) is 0 Å². The maximum Gasteiger partial charge on any atom is 0.178 e. The number of aromatic amines is 1. The monoisotopic (exact) mass is 335 g/mol. The number of hydrogen-bond acceptors (Lipinski definition) is 6. The zero-order chi connectivity index (χ0) is 16.6. The number of rotatable bonds is 3. The normalized spacial score (nSPS) is 18.0. The number of anilines is 2. The number of ether oxygens (including phenoxy) is 1. The SMILES string of the molecule is c1cnc2c(Nc3ccc4c(C5CCCOC5)noc4c3)n[nH]c2c1. The third-order valence-electron chi connectivity index (χ3n) is 4.63. The minimum absolute atomic E-state index is 0.313. The second-order valence-corrected chi connectivity index (χ2v) is 6.29. The largest absolute Gasteiger partial charge is 0.381 e. The van der Waals surface area contributed by atoms with Crippen molar-refractivity contribution in [2.45, 2.75) is 18.8 Å². The number of H-pyrrole nitrogens is 1. The minimum atomic E-state index is 0.313. The summed E-state index contributed by atoms with van der Waals surface area (Å²) in [6.45, 7) is 1.55. The van der Waals surface area contributed by atoms with Gasteiger partial charge in [0.05, 0.1) is 17.8 Å². The average Bonchev–Trinajstić information content (AvgIpc) is 3.27. The van der Waals surface area contributed by atoms with Gasteiger partial charge in [-0.1, -0.05) is 5.16 Å². The first-order valence-electron chi connectivity index (χ1n) is 8.42. The van der Waals surface area contributed by atoms with Crippen LogP contribution in [-0.4, -0.2) is 33.6 Å². The van der Waals surface area contributed by atoms with Gasteiger partial charge in [0.15, 0.2) is 11.4 Å². The van der Waals surface area contributed by atoms with Crippen LogP contribution in [0, 0.1) is 0 Å². The fourth-order valence-electron chi connectivity index (χ4n) is 3.36. The predicted octanol–water partition coefficient (Wildman–Crippen LogP) is 3.74. The molecule has 4 heterocycles. The predicted molar refractivity (Wildman–Crippen MR) is 94.0 cm³/mol. The van der Waals surface area contributed by atoms with Crippen LogP contribution >= 0.6 is 0 Å². The van der Waals surface area contributed by atoms with Crippen LogP contribution in [0.15, 0.2) is 41.1 Å². The molecule has 0 amide bonds. The Morgan fingerprint density at radius 2 is 2.24 bits per heavy atom. The molecule has 3 aromatic heterocycles. The first-order valence-corrected chi connectivity index (χ1v) is 8.42. The third-order valence-corrected chi connectivity index (χ3v) is 4.63. The van der Waals surface area contributed by atoms with Crippen molar-refractivity contribution in [2.75, 3.05) is 18.5 Å². The highest BCUT2D eigenvalue weighted by molar-refractivity contribution is 5.89. The van der Waals surface area contributed by atoms with E-state index in [1.165, 1.54) is 0 Å². The Hall–Kier alpha value is -2.93. The maximum atomic E-state index is 5.58. The van der Waals surface area contributed by atoms with Crippen LogP contribution in [0.25, 0.3) is 22.0 Å². The Balaban J connectivity index is 1.47. The Morgan fingerprint density at radius 1 is 1.24 bits per heavy atom. The molecule has 126 valence electrons. The molecule has 0 spiro atoms. The summed E-state index contributed by atoms with van der Waals surface area (Å²) in [7, 11) is 0. The van der Waals surface area contributed by atoms with Gasteiger partial charge >= 0.3 is 0 Å². The van der Waals surface area contributed by atoms with Crippen molar-refractivity contribution in [3.05, 3.63) is 42.2 Å². The molecule has 1 aromatic carbocycles. The van der Waals surface area contributed by atoms with Crippen LogP contribution in [-0.2, 0) is 4.74 Å². The van der Waals surface area contributed by atoms with Gasteiger partial charge in [0.2, 0.25) is 0 Å². The van der Waals surface area contributed by atoms with E-state index in [9.17, 15) is 0 Å². The van der Waals surface area contributed by atoms with Gasteiger partial charge in [0.1, 0.15) is 5.52 Å². The lowest BCUT2D eigenvalue weighted by atomic mass is 9.96. The van der Waals surface area contributed by atoms with Crippen LogP contribution in [0.5, 0.6) is 0 Å². The van der Waals surface area contributed by atoms with Gasteiger partial charge < -0.3 is 14.6 Å². The Bertz CT molecular complexity index is 1030. The van der Waals surface area contributed by atoms with Gasteiger partial charge in [-0.3, -0.25) is 10.1 Å². The summed E-state index contributed by atoms with van der Waals surface area (Å²) in [4.78, 5) is 4.36.